The van der Waals surface area contributed by atoms with Gasteiger partial charge >= 0.3 is 5.97 Å². The van der Waals surface area contributed by atoms with E-state index in [9.17, 15) is 17.6 Å². The second-order valence-corrected chi connectivity index (χ2v) is 6.58. The van der Waals surface area contributed by atoms with Crippen molar-refractivity contribution in [1.29, 1.82) is 0 Å². The summed E-state index contributed by atoms with van der Waals surface area (Å²) in [6.07, 6.45) is 0. The van der Waals surface area contributed by atoms with Gasteiger partial charge in [0.2, 0.25) is 10.0 Å². The van der Waals surface area contributed by atoms with Crippen molar-refractivity contribution in [2.75, 3.05) is 13.1 Å². The van der Waals surface area contributed by atoms with Crippen LogP contribution in [0.5, 0.6) is 0 Å². The van der Waals surface area contributed by atoms with E-state index in [1.54, 1.807) is 6.92 Å². The average Bonchev–Trinajstić information content (AvgIpc) is 2.72. The van der Waals surface area contributed by atoms with Crippen molar-refractivity contribution in [3.05, 3.63) is 30.1 Å². The Kier molecular flexibility index (Phi) is 3.60. The van der Waals surface area contributed by atoms with E-state index in [1.165, 1.54) is 18.2 Å². The maximum absolute atomic E-state index is 13.6. The third kappa shape index (κ3) is 2.48. The fourth-order valence-electron chi connectivity index (χ4n) is 2.23. The van der Waals surface area contributed by atoms with E-state index in [4.69, 9.17) is 5.11 Å². The highest BCUT2D eigenvalue weighted by Crippen LogP contribution is 2.29. The first-order valence-corrected chi connectivity index (χ1v) is 7.25. The molecule has 0 bridgehead atoms. The lowest BCUT2D eigenvalue weighted by Crippen LogP contribution is -2.30. The topological polar surface area (TPSA) is 74.7 Å². The van der Waals surface area contributed by atoms with Crippen LogP contribution in [0.15, 0.2) is 29.2 Å². The van der Waals surface area contributed by atoms with Crippen LogP contribution in [0.2, 0.25) is 0 Å². The van der Waals surface area contributed by atoms with Gasteiger partial charge in [-0.2, -0.15) is 4.31 Å². The monoisotopic (exact) mass is 287 g/mol. The van der Waals surface area contributed by atoms with Gasteiger partial charge < -0.3 is 5.11 Å². The Bertz CT molecular complexity index is 602. The van der Waals surface area contributed by atoms with Gasteiger partial charge in [-0.05, 0) is 18.1 Å². The van der Waals surface area contributed by atoms with Crippen molar-refractivity contribution in [2.45, 2.75) is 11.8 Å². The van der Waals surface area contributed by atoms with Crippen molar-refractivity contribution in [1.82, 2.24) is 4.31 Å². The summed E-state index contributed by atoms with van der Waals surface area (Å²) in [6, 6.07) is 5.09. The highest BCUT2D eigenvalue weighted by Gasteiger charge is 2.41. The quantitative estimate of drug-likeness (QED) is 0.905. The molecule has 0 aliphatic carbocycles. The molecule has 7 heteroatoms. The third-order valence-electron chi connectivity index (χ3n) is 3.35. The Morgan fingerprint density at radius 1 is 1.37 bits per heavy atom. The predicted molar refractivity (Wildman–Crippen MR) is 65.4 cm³/mol. The smallest absolute Gasteiger partial charge is 0.308 e. The zero-order chi connectivity index (χ0) is 14.2. The SMILES string of the molecule is C[C@@H]1CN(S(=O)(=O)c2ccccc2F)C[C@H]1C(=O)O. The van der Waals surface area contributed by atoms with Crippen LogP contribution in [0.1, 0.15) is 6.92 Å². The summed E-state index contributed by atoms with van der Waals surface area (Å²) < 4.78 is 39.1. The van der Waals surface area contributed by atoms with Gasteiger partial charge in [0.25, 0.3) is 0 Å². The molecule has 2 atom stereocenters. The molecule has 1 heterocycles. The zero-order valence-corrected chi connectivity index (χ0v) is 11.1. The summed E-state index contributed by atoms with van der Waals surface area (Å²) >= 11 is 0. The first-order chi connectivity index (χ1) is 8.84. The van der Waals surface area contributed by atoms with Crippen LogP contribution in [0.3, 0.4) is 0 Å². The number of carbonyl (C=O) groups is 1. The van der Waals surface area contributed by atoms with E-state index in [0.29, 0.717) is 0 Å². The van der Waals surface area contributed by atoms with Crippen molar-refractivity contribution >= 4 is 16.0 Å². The Balaban J connectivity index is 2.33. The van der Waals surface area contributed by atoms with Crippen LogP contribution in [-0.2, 0) is 14.8 Å². The van der Waals surface area contributed by atoms with E-state index < -0.39 is 32.6 Å². The summed E-state index contributed by atoms with van der Waals surface area (Å²) in [6.45, 7) is 1.65. The molecule has 0 saturated carbocycles. The van der Waals surface area contributed by atoms with Crippen LogP contribution in [0.25, 0.3) is 0 Å². The van der Waals surface area contributed by atoms with Crippen molar-refractivity contribution in [3.8, 4) is 0 Å². The molecule has 0 radical (unpaired) electrons. The summed E-state index contributed by atoms with van der Waals surface area (Å²) in [5.74, 6) is -2.90. The number of sulfonamides is 1. The highest BCUT2D eigenvalue weighted by molar-refractivity contribution is 7.89. The third-order valence-corrected chi connectivity index (χ3v) is 5.22. The molecule has 0 aromatic heterocycles. The first kappa shape index (κ1) is 14.0. The number of aliphatic carboxylic acids is 1. The van der Waals surface area contributed by atoms with Gasteiger partial charge in [-0.1, -0.05) is 19.1 Å². The molecule has 5 nitrogen and oxygen atoms in total. The number of carboxylic acid groups (broad SMARTS) is 1. The molecule has 1 aromatic rings. The lowest BCUT2D eigenvalue weighted by Gasteiger charge is -2.16. The molecule has 1 N–H and O–H groups in total. The molecule has 1 saturated heterocycles. The minimum atomic E-state index is -3.97. The van der Waals surface area contributed by atoms with Gasteiger partial charge in [0.1, 0.15) is 10.7 Å². The lowest BCUT2D eigenvalue weighted by atomic mass is 9.99. The highest BCUT2D eigenvalue weighted by atomic mass is 32.2. The number of halogens is 1. The minimum Gasteiger partial charge on any atom is -0.481 e. The Hall–Kier alpha value is -1.47. The minimum absolute atomic E-state index is 0.0909. The van der Waals surface area contributed by atoms with E-state index in [1.807, 2.05) is 0 Å². The second-order valence-electron chi connectivity index (χ2n) is 4.67. The number of benzene rings is 1. The molecule has 1 aliphatic rings. The molecular formula is C12H14FNO4S. The van der Waals surface area contributed by atoms with Crippen LogP contribution < -0.4 is 0 Å². The molecule has 19 heavy (non-hydrogen) atoms. The van der Waals surface area contributed by atoms with Crippen LogP contribution >= 0.6 is 0 Å². The summed E-state index contributed by atoms with van der Waals surface area (Å²) in [4.78, 5) is 10.6. The molecule has 0 unspecified atom stereocenters. The summed E-state index contributed by atoms with van der Waals surface area (Å²) in [5.41, 5.74) is 0. The second kappa shape index (κ2) is 4.90. The summed E-state index contributed by atoms with van der Waals surface area (Å²) in [7, 11) is -3.97. The molecule has 1 aromatic carbocycles. The van der Waals surface area contributed by atoms with Gasteiger partial charge in [-0.15, -0.1) is 0 Å². The van der Waals surface area contributed by atoms with Crippen molar-refractivity contribution in [2.24, 2.45) is 11.8 Å². The standard InChI is InChI=1S/C12H14FNO4S/c1-8-6-14(7-9(8)12(15)16)19(17,18)11-5-3-2-4-10(11)13/h2-5,8-9H,6-7H2,1H3,(H,15,16)/t8-,9-/m1/s1. The van der Waals surface area contributed by atoms with E-state index in [-0.39, 0.29) is 19.0 Å². The Morgan fingerprint density at radius 3 is 2.53 bits per heavy atom. The molecule has 2 rings (SSSR count). The lowest BCUT2D eigenvalue weighted by molar-refractivity contribution is -0.142. The van der Waals surface area contributed by atoms with Crippen LogP contribution in [0.4, 0.5) is 4.39 Å². The Labute approximate surface area is 110 Å². The average molecular weight is 287 g/mol. The molecule has 104 valence electrons. The summed E-state index contributed by atoms with van der Waals surface area (Å²) in [5, 5.41) is 9.00. The van der Waals surface area contributed by atoms with Crippen LogP contribution in [0, 0.1) is 17.7 Å². The van der Waals surface area contributed by atoms with Gasteiger partial charge in [-0.3, -0.25) is 4.79 Å². The molecule has 1 aliphatic heterocycles. The van der Waals surface area contributed by atoms with Gasteiger partial charge in [-0.25, -0.2) is 12.8 Å². The van der Waals surface area contributed by atoms with Crippen LogP contribution in [-0.4, -0.2) is 36.9 Å². The maximum Gasteiger partial charge on any atom is 0.308 e. The molecule has 1 fully saturated rings. The van der Waals surface area contributed by atoms with Gasteiger partial charge in [0.15, 0.2) is 0 Å². The van der Waals surface area contributed by atoms with E-state index in [0.717, 1.165) is 10.4 Å². The molecular weight excluding hydrogens is 273 g/mol. The first-order valence-electron chi connectivity index (χ1n) is 5.81. The fourth-order valence-corrected chi connectivity index (χ4v) is 3.86. The van der Waals surface area contributed by atoms with Gasteiger partial charge in [0, 0.05) is 13.1 Å². The number of carboxylic acids is 1. The predicted octanol–water partition coefficient (Wildman–Crippen LogP) is 1.17. The number of nitrogens with zero attached hydrogens (tertiary/aromatic N) is 1. The van der Waals surface area contributed by atoms with Crippen molar-refractivity contribution < 1.29 is 22.7 Å². The number of rotatable bonds is 3. The molecule has 0 amide bonds. The zero-order valence-electron chi connectivity index (χ0n) is 10.3. The number of hydrogen-bond donors (Lipinski definition) is 1. The normalized spacial score (nSPS) is 24.5. The fraction of sp³-hybridized carbons (Fsp3) is 0.417. The Morgan fingerprint density at radius 2 is 2.00 bits per heavy atom. The maximum atomic E-state index is 13.6. The van der Waals surface area contributed by atoms with Crippen molar-refractivity contribution in [3.63, 3.8) is 0 Å². The van der Waals surface area contributed by atoms with E-state index in [2.05, 4.69) is 0 Å². The number of hydrogen-bond acceptors (Lipinski definition) is 3. The van der Waals surface area contributed by atoms with E-state index >= 15 is 0 Å². The van der Waals surface area contributed by atoms with Gasteiger partial charge in [0.05, 0.1) is 5.92 Å². The molecule has 0 spiro atoms. The largest absolute Gasteiger partial charge is 0.481 e.